The van der Waals surface area contributed by atoms with E-state index in [0.29, 0.717) is 38.4 Å². The Morgan fingerprint density at radius 3 is 2.06 bits per heavy atom. The minimum atomic E-state index is -2.72. The maximum atomic E-state index is 13.1. The standard InChI is InChI=1S/C30H40O4Si/c1-23(2)21-33-25-19-24(28(17-12-18-31)29(32)20-25)22-34-35(30(3,4)5,26-13-8-6-9-14-26)27-15-10-7-11-16-27/h6-11,13-16,18,20,23-24,28H,12,17,19,21-22H2,1-5H3/t24-,28-/m1/s1. The fourth-order valence-electron chi connectivity index (χ4n) is 5.13. The van der Waals surface area contributed by atoms with Gasteiger partial charge in [-0.15, -0.1) is 0 Å². The molecule has 1 aliphatic carbocycles. The predicted molar refractivity (Wildman–Crippen MR) is 144 cm³/mol. The highest BCUT2D eigenvalue weighted by atomic mass is 28.4. The van der Waals surface area contributed by atoms with E-state index in [0.717, 1.165) is 12.0 Å². The van der Waals surface area contributed by atoms with Gasteiger partial charge in [-0.1, -0.05) is 95.3 Å². The van der Waals surface area contributed by atoms with Gasteiger partial charge in [0, 0.05) is 31.4 Å². The zero-order valence-electron chi connectivity index (χ0n) is 21.8. The van der Waals surface area contributed by atoms with Crippen LogP contribution in [0.2, 0.25) is 5.04 Å². The molecule has 0 fully saturated rings. The fourth-order valence-corrected chi connectivity index (χ4v) is 9.75. The topological polar surface area (TPSA) is 52.6 Å². The van der Waals surface area contributed by atoms with Crippen molar-refractivity contribution in [3.05, 3.63) is 72.5 Å². The first-order valence-electron chi connectivity index (χ1n) is 12.7. The molecule has 0 N–H and O–H groups in total. The summed E-state index contributed by atoms with van der Waals surface area (Å²) in [6, 6.07) is 21.1. The van der Waals surface area contributed by atoms with E-state index in [2.05, 4.69) is 83.1 Å². The lowest BCUT2D eigenvalue weighted by atomic mass is 9.79. The summed E-state index contributed by atoms with van der Waals surface area (Å²) in [4.78, 5) is 24.3. The van der Waals surface area contributed by atoms with Crippen molar-refractivity contribution in [2.45, 2.75) is 58.9 Å². The molecule has 0 saturated carbocycles. The fraction of sp³-hybridized carbons (Fsp3) is 0.467. The summed E-state index contributed by atoms with van der Waals surface area (Å²) < 4.78 is 13.1. The van der Waals surface area contributed by atoms with Gasteiger partial charge in [0.25, 0.3) is 8.32 Å². The van der Waals surface area contributed by atoms with Gasteiger partial charge in [0.15, 0.2) is 5.78 Å². The van der Waals surface area contributed by atoms with Gasteiger partial charge >= 0.3 is 0 Å². The van der Waals surface area contributed by atoms with Gasteiger partial charge in [0.05, 0.1) is 12.4 Å². The molecule has 0 spiro atoms. The number of aldehydes is 1. The molecule has 0 radical (unpaired) electrons. The summed E-state index contributed by atoms with van der Waals surface area (Å²) in [7, 11) is -2.72. The number of hydrogen-bond acceptors (Lipinski definition) is 4. The smallest absolute Gasteiger partial charge is 0.261 e. The quantitative estimate of drug-likeness (QED) is 0.315. The molecule has 2 aromatic rings. The van der Waals surface area contributed by atoms with Crippen molar-refractivity contribution in [3.63, 3.8) is 0 Å². The number of hydrogen-bond donors (Lipinski definition) is 0. The highest BCUT2D eigenvalue weighted by Crippen LogP contribution is 2.39. The lowest BCUT2D eigenvalue weighted by Crippen LogP contribution is -2.67. The molecule has 5 heteroatoms. The third-order valence-electron chi connectivity index (χ3n) is 6.83. The molecule has 0 bridgehead atoms. The highest BCUT2D eigenvalue weighted by molar-refractivity contribution is 6.99. The van der Waals surface area contributed by atoms with Crippen LogP contribution in [-0.2, 0) is 18.8 Å². The summed E-state index contributed by atoms with van der Waals surface area (Å²) in [6.45, 7) is 12.0. The second-order valence-electron chi connectivity index (χ2n) is 11.0. The lowest BCUT2D eigenvalue weighted by molar-refractivity contribution is -0.122. The average Bonchev–Trinajstić information content (AvgIpc) is 2.83. The Morgan fingerprint density at radius 1 is 1.00 bits per heavy atom. The van der Waals surface area contributed by atoms with Crippen LogP contribution in [0.15, 0.2) is 72.5 Å². The van der Waals surface area contributed by atoms with E-state index in [-0.39, 0.29) is 22.7 Å². The van der Waals surface area contributed by atoms with Crippen LogP contribution in [-0.4, -0.2) is 33.6 Å². The number of carbonyl (C=O) groups excluding carboxylic acids is 2. The van der Waals surface area contributed by atoms with Crippen LogP contribution in [0.3, 0.4) is 0 Å². The molecule has 0 amide bonds. The zero-order valence-corrected chi connectivity index (χ0v) is 22.8. The summed E-state index contributed by atoms with van der Waals surface area (Å²) >= 11 is 0. The van der Waals surface area contributed by atoms with Crippen molar-refractivity contribution >= 4 is 30.8 Å². The van der Waals surface area contributed by atoms with Gasteiger partial charge in [-0.25, -0.2) is 0 Å². The normalized spacial score (nSPS) is 18.9. The molecule has 2 aromatic carbocycles. The maximum absolute atomic E-state index is 13.1. The molecule has 0 aliphatic heterocycles. The van der Waals surface area contributed by atoms with Crippen molar-refractivity contribution in [1.82, 2.24) is 0 Å². The van der Waals surface area contributed by atoms with E-state index in [4.69, 9.17) is 9.16 Å². The first kappa shape index (κ1) is 27.1. The summed E-state index contributed by atoms with van der Waals surface area (Å²) in [5.74, 6) is 0.904. The van der Waals surface area contributed by atoms with Gasteiger partial charge in [0.1, 0.15) is 6.29 Å². The van der Waals surface area contributed by atoms with E-state index >= 15 is 0 Å². The number of ketones is 1. The van der Waals surface area contributed by atoms with Crippen LogP contribution < -0.4 is 10.4 Å². The minimum Gasteiger partial charge on any atom is -0.498 e. The number of carbonyl (C=O) groups is 2. The van der Waals surface area contributed by atoms with Crippen LogP contribution in [0.25, 0.3) is 0 Å². The molecule has 1 aliphatic rings. The Bertz CT molecular complexity index is 953. The van der Waals surface area contributed by atoms with Gasteiger partial charge < -0.3 is 14.0 Å². The Morgan fingerprint density at radius 2 is 1.57 bits per heavy atom. The Kier molecular flexibility index (Phi) is 9.25. The van der Waals surface area contributed by atoms with Crippen LogP contribution in [0.5, 0.6) is 0 Å². The van der Waals surface area contributed by atoms with Gasteiger partial charge in [0.2, 0.25) is 0 Å². The first-order valence-corrected chi connectivity index (χ1v) is 14.7. The average molecular weight is 493 g/mol. The lowest BCUT2D eigenvalue weighted by Gasteiger charge is -2.44. The van der Waals surface area contributed by atoms with Crippen LogP contribution >= 0.6 is 0 Å². The summed E-state index contributed by atoms with van der Waals surface area (Å²) in [6.07, 6.45) is 4.13. The molecular formula is C30H40O4Si. The van der Waals surface area contributed by atoms with Crippen LogP contribution in [0.4, 0.5) is 0 Å². The zero-order chi connectivity index (χ0) is 25.5. The molecule has 0 unspecified atom stereocenters. The minimum absolute atomic E-state index is 0.0312. The van der Waals surface area contributed by atoms with Crippen molar-refractivity contribution in [2.75, 3.05) is 13.2 Å². The van der Waals surface area contributed by atoms with Crippen molar-refractivity contribution in [1.29, 1.82) is 0 Å². The molecule has 2 atom stereocenters. The van der Waals surface area contributed by atoms with Crippen LogP contribution in [0, 0.1) is 17.8 Å². The summed E-state index contributed by atoms with van der Waals surface area (Å²) in [5, 5.41) is 2.30. The third kappa shape index (κ3) is 6.39. The second-order valence-corrected chi connectivity index (χ2v) is 15.3. The SMILES string of the molecule is CC(C)COC1=CC(=O)[C@H](CCC=O)[C@@H](CO[Si](c2ccccc2)(c2ccccc2)C(C)(C)C)C1. The molecule has 35 heavy (non-hydrogen) atoms. The van der Waals surface area contributed by atoms with Crippen molar-refractivity contribution in [3.8, 4) is 0 Å². The van der Waals surface area contributed by atoms with Crippen molar-refractivity contribution in [2.24, 2.45) is 17.8 Å². The van der Waals surface area contributed by atoms with Gasteiger partial charge in [-0.2, -0.15) is 0 Å². The van der Waals surface area contributed by atoms with E-state index in [1.165, 1.54) is 10.4 Å². The predicted octanol–water partition coefficient (Wildman–Crippen LogP) is 5.30. The largest absolute Gasteiger partial charge is 0.498 e. The number of benzene rings is 2. The molecular weight excluding hydrogens is 452 g/mol. The van der Waals surface area contributed by atoms with Crippen LogP contribution in [0.1, 0.15) is 53.9 Å². The van der Waals surface area contributed by atoms with Gasteiger partial charge in [-0.05, 0) is 33.7 Å². The molecule has 0 aromatic heterocycles. The Balaban J connectivity index is 1.98. The van der Waals surface area contributed by atoms with Crippen molar-refractivity contribution < 1.29 is 18.8 Å². The second kappa shape index (κ2) is 12.0. The molecule has 4 nitrogen and oxygen atoms in total. The maximum Gasteiger partial charge on any atom is 0.261 e. The van der Waals surface area contributed by atoms with E-state index < -0.39 is 8.32 Å². The molecule has 3 rings (SSSR count). The van der Waals surface area contributed by atoms with E-state index in [9.17, 15) is 9.59 Å². The molecule has 188 valence electrons. The molecule has 0 saturated heterocycles. The highest BCUT2D eigenvalue weighted by Gasteiger charge is 2.51. The summed E-state index contributed by atoms with van der Waals surface area (Å²) in [5.41, 5.74) is 0. The monoisotopic (exact) mass is 492 g/mol. The number of ether oxygens (including phenoxy) is 1. The molecule has 0 heterocycles. The van der Waals surface area contributed by atoms with E-state index in [1.807, 2.05) is 12.1 Å². The van der Waals surface area contributed by atoms with E-state index in [1.54, 1.807) is 6.08 Å². The van der Waals surface area contributed by atoms with Gasteiger partial charge in [-0.3, -0.25) is 4.79 Å². The number of rotatable bonds is 11. The Hall–Kier alpha value is -2.50. The Labute approximate surface area is 211 Å². The first-order chi connectivity index (χ1) is 16.7. The number of allylic oxidation sites excluding steroid dienone is 2. The third-order valence-corrected chi connectivity index (χ3v) is 11.8.